The summed E-state index contributed by atoms with van der Waals surface area (Å²) < 4.78 is 0. The average molecular weight is 275 g/mol. The number of halogens is 2. The maximum Gasteiger partial charge on any atom is 0.0475 e. The number of benzene rings is 1. The highest BCUT2D eigenvalue weighted by atomic mass is 35.5. The summed E-state index contributed by atoms with van der Waals surface area (Å²) in [5.74, 6) is 5.60. The van der Waals surface area contributed by atoms with Crippen molar-refractivity contribution in [1.29, 1.82) is 0 Å². The fraction of sp³-hybridized carbons (Fsp3) is 0.538. The van der Waals surface area contributed by atoms with Crippen LogP contribution in [0.2, 0.25) is 10.0 Å². The van der Waals surface area contributed by atoms with E-state index >= 15 is 0 Å². The zero-order chi connectivity index (χ0) is 13.1. The van der Waals surface area contributed by atoms with Gasteiger partial charge < -0.3 is 0 Å². The maximum absolute atomic E-state index is 6.17. The minimum absolute atomic E-state index is 0.0421. The Bertz CT molecular complexity index is 372. The highest BCUT2D eigenvalue weighted by Crippen LogP contribution is 2.31. The molecule has 0 radical (unpaired) electrons. The molecule has 1 aromatic carbocycles. The molecule has 0 saturated heterocycles. The molecular formula is C13H20Cl2N2. The van der Waals surface area contributed by atoms with E-state index < -0.39 is 0 Å². The van der Waals surface area contributed by atoms with Gasteiger partial charge in [-0.2, -0.15) is 0 Å². The monoisotopic (exact) mass is 274 g/mol. The molecule has 0 aliphatic carbocycles. The largest absolute Gasteiger partial charge is 0.271 e. The van der Waals surface area contributed by atoms with Gasteiger partial charge >= 0.3 is 0 Å². The smallest absolute Gasteiger partial charge is 0.0475 e. The Morgan fingerprint density at radius 1 is 1.29 bits per heavy atom. The first-order valence-corrected chi connectivity index (χ1v) is 6.50. The lowest BCUT2D eigenvalue weighted by Gasteiger charge is -2.23. The molecule has 0 spiro atoms. The van der Waals surface area contributed by atoms with Crippen molar-refractivity contribution in [2.24, 2.45) is 11.3 Å². The summed E-state index contributed by atoms with van der Waals surface area (Å²) in [5, 5.41) is 1.38. The van der Waals surface area contributed by atoms with Gasteiger partial charge in [-0.15, -0.1) is 0 Å². The molecule has 17 heavy (non-hydrogen) atoms. The summed E-state index contributed by atoms with van der Waals surface area (Å²) >= 11 is 12.1. The highest BCUT2D eigenvalue weighted by Gasteiger charge is 2.18. The lowest BCUT2D eigenvalue weighted by molar-refractivity contribution is 0.333. The van der Waals surface area contributed by atoms with Crippen LogP contribution in [0.15, 0.2) is 18.2 Å². The van der Waals surface area contributed by atoms with Gasteiger partial charge in [-0.05, 0) is 42.0 Å². The van der Waals surface area contributed by atoms with E-state index in [9.17, 15) is 0 Å². The van der Waals surface area contributed by atoms with Crippen LogP contribution in [-0.4, -0.2) is 0 Å². The summed E-state index contributed by atoms with van der Waals surface area (Å²) in [6.07, 6.45) is 1.99. The predicted octanol–water partition coefficient (Wildman–Crippen LogP) is 4.32. The number of rotatable bonds is 4. The third-order valence-electron chi connectivity index (χ3n) is 2.72. The molecule has 0 saturated carbocycles. The third-order valence-corrected chi connectivity index (χ3v) is 3.30. The Balaban J connectivity index is 2.82. The van der Waals surface area contributed by atoms with Gasteiger partial charge in [0.05, 0.1) is 0 Å². The van der Waals surface area contributed by atoms with Crippen molar-refractivity contribution in [3.8, 4) is 0 Å². The molecule has 0 aliphatic heterocycles. The number of hydrogen-bond acceptors (Lipinski definition) is 2. The Kier molecular flexibility index (Phi) is 5.26. The predicted molar refractivity (Wildman–Crippen MR) is 75.2 cm³/mol. The summed E-state index contributed by atoms with van der Waals surface area (Å²) in [4.78, 5) is 0. The second kappa shape index (κ2) is 6.05. The van der Waals surface area contributed by atoms with Crippen molar-refractivity contribution in [3.05, 3.63) is 33.8 Å². The van der Waals surface area contributed by atoms with Crippen LogP contribution in [0.25, 0.3) is 0 Å². The molecule has 0 fully saturated rings. The van der Waals surface area contributed by atoms with Crippen LogP contribution in [0.4, 0.5) is 0 Å². The van der Waals surface area contributed by atoms with Gasteiger partial charge in [-0.1, -0.05) is 44.0 Å². The third kappa shape index (κ3) is 4.84. The van der Waals surface area contributed by atoms with Gasteiger partial charge in [0.15, 0.2) is 0 Å². The normalized spacial score (nSPS) is 13.8. The molecule has 0 bridgehead atoms. The Morgan fingerprint density at radius 3 is 2.47 bits per heavy atom. The van der Waals surface area contributed by atoms with Crippen molar-refractivity contribution in [2.45, 2.75) is 39.7 Å². The lowest BCUT2D eigenvalue weighted by atomic mass is 9.87. The molecule has 3 N–H and O–H groups in total. The first kappa shape index (κ1) is 14.8. The number of nitrogens with two attached hydrogens (primary N) is 1. The Morgan fingerprint density at radius 2 is 1.94 bits per heavy atom. The Hall–Kier alpha value is -0.280. The highest BCUT2D eigenvalue weighted by molar-refractivity contribution is 6.33. The summed E-state index contributed by atoms with van der Waals surface area (Å²) in [5.41, 5.74) is 4.06. The molecule has 4 heteroatoms. The molecule has 0 heterocycles. The topological polar surface area (TPSA) is 38.0 Å². The van der Waals surface area contributed by atoms with Crippen LogP contribution in [0.3, 0.4) is 0 Å². The van der Waals surface area contributed by atoms with Gasteiger partial charge in [0, 0.05) is 16.1 Å². The minimum Gasteiger partial charge on any atom is -0.271 e. The molecule has 1 rings (SSSR count). The van der Waals surface area contributed by atoms with Crippen molar-refractivity contribution in [3.63, 3.8) is 0 Å². The van der Waals surface area contributed by atoms with Crippen LogP contribution in [0, 0.1) is 5.41 Å². The summed E-state index contributed by atoms with van der Waals surface area (Å²) in [6.45, 7) is 6.63. The Labute approximate surface area is 113 Å². The summed E-state index contributed by atoms with van der Waals surface area (Å²) in [7, 11) is 0. The van der Waals surface area contributed by atoms with E-state index in [0.717, 1.165) is 18.4 Å². The molecule has 0 aliphatic rings. The zero-order valence-corrected chi connectivity index (χ0v) is 12.1. The first-order chi connectivity index (χ1) is 7.83. The van der Waals surface area contributed by atoms with Gasteiger partial charge in [-0.3, -0.25) is 11.3 Å². The van der Waals surface area contributed by atoms with E-state index in [-0.39, 0.29) is 11.5 Å². The molecular weight excluding hydrogens is 255 g/mol. The molecule has 1 unspecified atom stereocenters. The number of hydrogen-bond donors (Lipinski definition) is 2. The molecule has 1 atom stereocenters. The van der Waals surface area contributed by atoms with Gasteiger partial charge in [0.2, 0.25) is 0 Å². The number of nitrogens with one attached hydrogen (secondary N) is 1. The van der Waals surface area contributed by atoms with E-state index in [1.54, 1.807) is 12.1 Å². The van der Waals surface area contributed by atoms with Gasteiger partial charge in [-0.25, -0.2) is 0 Å². The van der Waals surface area contributed by atoms with E-state index in [1.807, 2.05) is 6.07 Å². The fourth-order valence-electron chi connectivity index (χ4n) is 1.69. The van der Waals surface area contributed by atoms with E-state index in [2.05, 4.69) is 26.2 Å². The molecule has 0 aromatic heterocycles. The first-order valence-electron chi connectivity index (χ1n) is 5.74. The van der Waals surface area contributed by atoms with Crippen molar-refractivity contribution < 1.29 is 0 Å². The fourth-order valence-corrected chi connectivity index (χ4v) is 2.12. The molecule has 1 aromatic rings. The summed E-state index contributed by atoms with van der Waals surface area (Å²) in [6, 6.07) is 5.50. The van der Waals surface area contributed by atoms with Crippen LogP contribution in [0.5, 0.6) is 0 Å². The maximum atomic E-state index is 6.17. The quantitative estimate of drug-likeness (QED) is 0.634. The van der Waals surface area contributed by atoms with Crippen molar-refractivity contribution in [2.75, 3.05) is 0 Å². The van der Waals surface area contributed by atoms with Crippen molar-refractivity contribution in [1.82, 2.24) is 5.43 Å². The second-order valence-corrected chi connectivity index (χ2v) is 6.33. The number of hydrazine groups is 1. The van der Waals surface area contributed by atoms with Gasteiger partial charge in [0.25, 0.3) is 0 Å². The van der Waals surface area contributed by atoms with Gasteiger partial charge in [0.1, 0.15) is 0 Å². The van der Waals surface area contributed by atoms with E-state index in [0.29, 0.717) is 10.0 Å². The SMILES string of the molecule is CC(C)(C)CCC(NN)c1cc(Cl)ccc1Cl. The average Bonchev–Trinajstić information content (AvgIpc) is 2.22. The standard InChI is InChI=1S/C13H20Cl2N2/c1-13(2,3)7-6-12(17-16)10-8-9(14)4-5-11(10)15/h4-5,8,12,17H,6-7,16H2,1-3H3. The molecule has 96 valence electrons. The molecule has 0 amide bonds. The zero-order valence-electron chi connectivity index (χ0n) is 10.6. The van der Waals surface area contributed by atoms with Crippen LogP contribution in [-0.2, 0) is 0 Å². The van der Waals surface area contributed by atoms with Crippen LogP contribution < -0.4 is 11.3 Å². The van der Waals surface area contributed by atoms with E-state index in [1.165, 1.54) is 0 Å². The molecule has 2 nitrogen and oxygen atoms in total. The van der Waals surface area contributed by atoms with Crippen LogP contribution >= 0.6 is 23.2 Å². The van der Waals surface area contributed by atoms with Crippen LogP contribution in [0.1, 0.15) is 45.2 Å². The minimum atomic E-state index is 0.0421. The second-order valence-electron chi connectivity index (χ2n) is 5.48. The van der Waals surface area contributed by atoms with E-state index in [4.69, 9.17) is 29.0 Å². The van der Waals surface area contributed by atoms with Crippen molar-refractivity contribution >= 4 is 23.2 Å². The lowest BCUT2D eigenvalue weighted by Crippen LogP contribution is -2.29.